The summed E-state index contributed by atoms with van der Waals surface area (Å²) in [6.45, 7) is 8.53. The number of aromatic nitrogens is 1. The maximum absolute atomic E-state index is 11.4. The number of carbonyl (C=O) groups is 1. The number of pyridine rings is 1. The summed E-state index contributed by atoms with van der Waals surface area (Å²) < 4.78 is 4.67. The van der Waals surface area contributed by atoms with Crippen molar-refractivity contribution in [3.05, 3.63) is 29.6 Å². The fourth-order valence-electron chi connectivity index (χ4n) is 2.05. The molecule has 0 bridgehead atoms. The third-order valence-corrected chi connectivity index (χ3v) is 3.39. The SMILES string of the molecule is CCCCCN(Cc1ccc(C(=O)OC)cn1)C(C)C. The number of ether oxygens (including phenoxy) is 1. The van der Waals surface area contributed by atoms with Gasteiger partial charge in [-0.15, -0.1) is 0 Å². The molecule has 0 saturated heterocycles. The highest BCUT2D eigenvalue weighted by atomic mass is 16.5. The van der Waals surface area contributed by atoms with E-state index in [-0.39, 0.29) is 5.97 Å². The van der Waals surface area contributed by atoms with Crippen LogP contribution in [-0.2, 0) is 11.3 Å². The Morgan fingerprint density at radius 3 is 2.60 bits per heavy atom. The normalized spacial score (nSPS) is 11.1. The fourth-order valence-corrected chi connectivity index (χ4v) is 2.05. The highest BCUT2D eigenvalue weighted by molar-refractivity contribution is 5.88. The van der Waals surface area contributed by atoms with Crippen LogP contribution in [0.2, 0.25) is 0 Å². The molecule has 0 atom stereocenters. The smallest absolute Gasteiger partial charge is 0.339 e. The van der Waals surface area contributed by atoms with Crippen LogP contribution in [0.25, 0.3) is 0 Å². The molecule has 0 N–H and O–H groups in total. The zero-order valence-corrected chi connectivity index (χ0v) is 13.1. The third kappa shape index (κ3) is 5.29. The number of rotatable bonds is 8. The van der Waals surface area contributed by atoms with Gasteiger partial charge < -0.3 is 4.74 Å². The molecule has 4 nitrogen and oxygen atoms in total. The van der Waals surface area contributed by atoms with Gasteiger partial charge in [-0.3, -0.25) is 9.88 Å². The lowest BCUT2D eigenvalue weighted by Gasteiger charge is -2.26. The quantitative estimate of drug-likeness (QED) is 0.540. The van der Waals surface area contributed by atoms with E-state index in [1.165, 1.54) is 26.4 Å². The lowest BCUT2D eigenvalue weighted by molar-refractivity contribution is 0.0600. The van der Waals surface area contributed by atoms with Gasteiger partial charge in [0.05, 0.1) is 18.4 Å². The summed E-state index contributed by atoms with van der Waals surface area (Å²) in [7, 11) is 1.38. The number of hydrogen-bond acceptors (Lipinski definition) is 4. The van der Waals surface area contributed by atoms with E-state index in [4.69, 9.17) is 0 Å². The zero-order chi connectivity index (χ0) is 15.0. The summed E-state index contributed by atoms with van der Waals surface area (Å²) in [4.78, 5) is 18.1. The van der Waals surface area contributed by atoms with Crippen molar-refractivity contribution in [2.45, 2.75) is 52.6 Å². The average molecular weight is 278 g/mol. The molecule has 0 aliphatic heterocycles. The summed E-state index contributed by atoms with van der Waals surface area (Å²) in [6.07, 6.45) is 5.30. The second kappa shape index (κ2) is 8.69. The molecule has 0 radical (unpaired) electrons. The largest absolute Gasteiger partial charge is 0.465 e. The van der Waals surface area contributed by atoms with Crippen molar-refractivity contribution in [1.82, 2.24) is 9.88 Å². The molecule has 0 aliphatic carbocycles. The Kier molecular flexibility index (Phi) is 7.23. The molecule has 0 amide bonds. The zero-order valence-electron chi connectivity index (χ0n) is 13.1. The number of hydrogen-bond donors (Lipinski definition) is 0. The molecule has 1 aromatic heterocycles. The van der Waals surface area contributed by atoms with E-state index in [1.807, 2.05) is 6.07 Å². The van der Waals surface area contributed by atoms with Crippen LogP contribution in [0, 0.1) is 0 Å². The highest BCUT2D eigenvalue weighted by Gasteiger charge is 2.11. The van der Waals surface area contributed by atoms with Crippen LogP contribution in [0.3, 0.4) is 0 Å². The van der Waals surface area contributed by atoms with Gasteiger partial charge in [0.15, 0.2) is 0 Å². The lowest BCUT2D eigenvalue weighted by Crippen LogP contribution is -2.31. The van der Waals surface area contributed by atoms with E-state index in [0.717, 1.165) is 18.8 Å². The molecule has 1 heterocycles. The monoisotopic (exact) mass is 278 g/mol. The van der Waals surface area contributed by atoms with Crippen LogP contribution >= 0.6 is 0 Å². The second-order valence-corrected chi connectivity index (χ2v) is 5.30. The molecular formula is C16H26N2O2. The molecule has 1 aromatic rings. The maximum atomic E-state index is 11.4. The van der Waals surface area contributed by atoms with E-state index in [9.17, 15) is 4.79 Å². The van der Waals surface area contributed by atoms with E-state index in [2.05, 4.69) is 35.4 Å². The van der Waals surface area contributed by atoms with E-state index < -0.39 is 0 Å². The topological polar surface area (TPSA) is 42.4 Å². The van der Waals surface area contributed by atoms with E-state index in [1.54, 1.807) is 12.3 Å². The lowest BCUT2D eigenvalue weighted by atomic mass is 10.2. The van der Waals surface area contributed by atoms with Crippen molar-refractivity contribution >= 4 is 5.97 Å². The first-order valence-electron chi connectivity index (χ1n) is 7.35. The summed E-state index contributed by atoms with van der Waals surface area (Å²) in [5, 5.41) is 0. The van der Waals surface area contributed by atoms with Gasteiger partial charge >= 0.3 is 5.97 Å². The first-order valence-corrected chi connectivity index (χ1v) is 7.35. The molecule has 1 rings (SSSR count). The number of esters is 1. The van der Waals surface area contributed by atoms with Crippen molar-refractivity contribution in [2.24, 2.45) is 0 Å². The number of unbranched alkanes of at least 4 members (excludes halogenated alkanes) is 2. The molecule has 0 fully saturated rings. The Labute approximate surface area is 122 Å². The number of methoxy groups -OCH3 is 1. The average Bonchev–Trinajstić information content (AvgIpc) is 2.46. The molecule has 4 heteroatoms. The number of carbonyl (C=O) groups excluding carboxylic acids is 1. The van der Waals surface area contributed by atoms with Gasteiger partial charge in [-0.05, 0) is 38.9 Å². The van der Waals surface area contributed by atoms with Crippen LogP contribution in [-0.4, -0.2) is 35.5 Å². The third-order valence-electron chi connectivity index (χ3n) is 3.39. The predicted molar refractivity (Wildman–Crippen MR) is 80.6 cm³/mol. The molecule has 0 aromatic carbocycles. The van der Waals surface area contributed by atoms with Crippen LogP contribution in [0.4, 0.5) is 0 Å². The molecular weight excluding hydrogens is 252 g/mol. The fraction of sp³-hybridized carbons (Fsp3) is 0.625. The van der Waals surface area contributed by atoms with Crippen LogP contribution in [0.5, 0.6) is 0 Å². The Morgan fingerprint density at radius 1 is 1.35 bits per heavy atom. The van der Waals surface area contributed by atoms with Crippen molar-refractivity contribution in [3.63, 3.8) is 0 Å². The molecule has 0 saturated carbocycles. The Balaban J connectivity index is 2.61. The van der Waals surface area contributed by atoms with Gasteiger partial charge in [-0.2, -0.15) is 0 Å². The van der Waals surface area contributed by atoms with Crippen LogP contribution in [0.15, 0.2) is 18.3 Å². The Morgan fingerprint density at radius 2 is 2.10 bits per heavy atom. The molecule has 0 spiro atoms. The van der Waals surface area contributed by atoms with Gasteiger partial charge in [0.1, 0.15) is 0 Å². The van der Waals surface area contributed by atoms with Crippen LogP contribution < -0.4 is 0 Å². The van der Waals surface area contributed by atoms with E-state index >= 15 is 0 Å². The minimum absolute atomic E-state index is 0.340. The van der Waals surface area contributed by atoms with Gasteiger partial charge in [-0.25, -0.2) is 4.79 Å². The first kappa shape index (κ1) is 16.6. The van der Waals surface area contributed by atoms with Crippen LogP contribution in [0.1, 0.15) is 56.1 Å². The van der Waals surface area contributed by atoms with Gasteiger partial charge in [0.25, 0.3) is 0 Å². The van der Waals surface area contributed by atoms with Crippen molar-refractivity contribution in [1.29, 1.82) is 0 Å². The highest BCUT2D eigenvalue weighted by Crippen LogP contribution is 2.10. The molecule has 20 heavy (non-hydrogen) atoms. The number of nitrogens with zero attached hydrogens (tertiary/aromatic N) is 2. The minimum atomic E-state index is -0.340. The summed E-state index contributed by atoms with van der Waals surface area (Å²) in [5.41, 5.74) is 1.49. The molecule has 112 valence electrons. The van der Waals surface area contributed by atoms with Crippen molar-refractivity contribution in [2.75, 3.05) is 13.7 Å². The summed E-state index contributed by atoms with van der Waals surface area (Å²) in [6, 6.07) is 4.18. The standard InChI is InChI=1S/C16H26N2O2/c1-5-6-7-10-18(13(2)3)12-15-9-8-14(11-17-15)16(19)20-4/h8-9,11,13H,5-7,10,12H2,1-4H3. The maximum Gasteiger partial charge on any atom is 0.339 e. The Hall–Kier alpha value is -1.42. The van der Waals surface area contributed by atoms with Gasteiger partial charge in [0.2, 0.25) is 0 Å². The van der Waals surface area contributed by atoms with Gasteiger partial charge in [0, 0.05) is 18.8 Å². The molecule has 0 unspecified atom stereocenters. The molecule has 0 aliphatic rings. The minimum Gasteiger partial charge on any atom is -0.465 e. The van der Waals surface area contributed by atoms with Crippen molar-refractivity contribution in [3.8, 4) is 0 Å². The van der Waals surface area contributed by atoms with Gasteiger partial charge in [-0.1, -0.05) is 19.8 Å². The second-order valence-electron chi connectivity index (χ2n) is 5.30. The predicted octanol–water partition coefficient (Wildman–Crippen LogP) is 3.27. The van der Waals surface area contributed by atoms with E-state index in [0.29, 0.717) is 11.6 Å². The first-order chi connectivity index (χ1) is 9.58. The summed E-state index contributed by atoms with van der Waals surface area (Å²) >= 11 is 0. The summed E-state index contributed by atoms with van der Waals surface area (Å²) in [5.74, 6) is -0.340. The van der Waals surface area contributed by atoms with Crippen molar-refractivity contribution < 1.29 is 9.53 Å². The Bertz CT molecular complexity index is 401.